The highest BCUT2D eigenvalue weighted by atomic mass is 16.6. The first-order valence-corrected chi connectivity index (χ1v) is 6.80. The molecule has 6 heteroatoms. The van der Waals surface area contributed by atoms with Crippen LogP contribution in [0, 0.1) is 16.0 Å². The quantitative estimate of drug-likeness (QED) is 0.654. The van der Waals surface area contributed by atoms with E-state index in [0.717, 1.165) is 26.1 Å². The van der Waals surface area contributed by atoms with Crippen LogP contribution in [0.25, 0.3) is 0 Å². The molecule has 1 aromatic heterocycles. The van der Waals surface area contributed by atoms with Crippen LogP contribution in [0.1, 0.15) is 31.6 Å². The summed E-state index contributed by atoms with van der Waals surface area (Å²) in [6.45, 7) is 4.97. The second-order valence-corrected chi connectivity index (χ2v) is 4.97. The lowest BCUT2D eigenvalue weighted by Gasteiger charge is -2.39. The van der Waals surface area contributed by atoms with Crippen LogP contribution >= 0.6 is 0 Å². The molecule has 0 aliphatic carbocycles. The highest BCUT2D eigenvalue weighted by Gasteiger charge is 2.34. The van der Waals surface area contributed by atoms with Crippen LogP contribution in [0.4, 0.5) is 5.88 Å². The molecule has 1 aliphatic heterocycles. The summed E-state index contributed by atoms with van der Waals surface area (Å²) in [5.74, 6) is 0.984. The Morgan fingerprint density at radius 2 is 2.37 bits per heavy atom. The Bertz CT molecular complexity index is 431. The predicted molar refractivity (Wildman–Crippen MR) is 72.0 cm³/mol. The molecule has 2 unspecified atom stereocenters. The van der Waals surface area contributed by atoms with E-state index >= 15 is 0 Å². The Hall–Kier alpha value is -1.40. The number of furan rings is 1. The van der Waals surface area contributed by atoms with Gasteiger partial charge >= 0.3 is 5.88 Å². The number of hydrogen-bond donors (Lipinski definition) is 1. The number of piperidine rings is 1. The van der Waals surface area contributed by atoms with E-state index in [1.54, 1.807) is 6.07 Å². The van der Waals surface area contributed by atoms with Gasteiger partial charge in [0.2, 0.25) is 0 Å². The van der Waals surface area contributed by atoms with Crippen molar-refractivity contribution < 1.29 is 9.34 Å². The monoisotopic (exact) mass is 267 g/mol. The van der Waals surface area contributed by atoms with Gasteiger partial charge in [0.1, 0.15) is 10.7 Å². The van der Waals surface area contributed by atoms with Crippen LogP contribution in [0.5, 0.6) is 0 Å². The van der Waals surface area contributed by atoms with Crippen molar-refractivity contribution in [3.8, 4) is 0 Å². The Balaban J connectivity index is 2.25. The number of nitrogens with zero attached hydrogens (tertiary/aromatic N) is 2. The molecule has 2 atom stereocenters. The van der Waals surface area contributed by atoms with E-state index in [1.807, 2.05) is 7.05 Å². The van der Waals surface area contributed by atoms with E-state index in [-0.39, 0.29) is 11.9 Å². The van der Waals surface area contributed by atoms with Gasteiger partial charge in [0.25, 0.3) is 0 Å². The van der Waals surface area contributed by atoms with Gasteiger partial charge in [-0.05, 0) is 51.5 Å². The summed E-state index contributed by atoms with van der Waals surface area (Å²) in [5.41, 5.74) is 0. The average Bonchev–Trinajstić information content (AvgIpc) is 2.88. The largest absolute Gasteiger partial charge is 0.433 e. The minimum atomic E-state index is -0.476. The Kier molecular flexibility index (Phi) is 4.55. The molecular weight excluding hydrogens is 246 g/mol. The molecule has 1 aliphatic rings. The lowest BCUT2D eigenvalue weighted by atomic mass is 9.87. The minimum Gasteiger partial charge on any atom is -0.404 e. The molecule has 106 valence electrons. The third-order valence-corrected chi connectivity index (χ3v) is 3.82. The van der Waals surface area contributed by atoms with Crippen molar-refractivity contribution in [3.05, 3.63) is 28.0 Å². The standard InChI is InChI=1S/C13H21N3O3/c1-3-15-8-4-5-10(9-14-2)13(15)11-6-7-12(19-11)16(17)18/h6-7,10,13-14H,3-5,8-9H2,1-2H3. The van der Waals surface area contributed by atoms with Crippen molar-refractivity contribution in [1.29, 1.82) is 0 Å². The third kappa shape index (κ3) is 2.96. The molecule has 0 saturated carbocycles. The fraction of sp³-hybridized carbons (Fsp3) is 0.692. The van der Waals surface area contributed by atoms with Crippen LogP contribution in [0.15, 0.2) is 16.5 Å². The fourth-order valence-electron chi connectivity index (χ4n) is 2.99. The van der Waals surface area contributed by atoms with Gasteiger partial charge in [0.15, 0.2) is 0 Å². The molecule has 2 heterocycles. The number of likely N-dealkylation sites (tertiary alicyclic amines) is 1. The maximum absolute atomic E-state index is 10.7. The van der Waals surface area contributed by atoms with Crippen LogP contribution in [-0.2, 0) is 0 Å². The van der Waals surface area contributed by atoms with Crippen molar-refractivity contribution in [2.75, 3.05) is 26.7 Å². The first-order chi connectivity index (χ1) is 9.17. The molecule has 1 N–H and O–H groups in total. The molecule has 0 bridgehead atoms. The summed E-state index contributed by atoms with van der Waals surface area (Å²) >= 11 is 0. The zero-order chi connectivity index (χ0) is 13.8. The lowest BCUT2D eigenvalue weighted by Crippen LogP contribution is -2.41. The smallest absolute Gasteiger partial charge is 0.404 e. The second-order valence-electron chi connectivity index (χ2n) is 4.97. The minimum absolute atomic E-state index is 0.139. The van der Waals surface area contributed by atoms with Crippen molar-refractivity contribution >= 4 is 5.88 Å². The van der Waals surface area contributed by atoms with Gasteiger partial charge in [-0.15, -0.1) is 0 Å². The van der Waals surface area contributed by atoms with Gasteiger partial charge in [-0.2, -0.15) is 0 Å². The molecule has 19 heavy (non-hydrogen) atoms. The van der Waals surface area contributed by atoms with Crippen molar-refractivity contribution in [2.45, 2.75) is 25.8 Å². The van der Waals surface area contributed by atoms with Crippen LogP contribution in [0.3, 0.4) is 0 Å². The van der Waals surface area contributed by atoms with Crippen molar-refractivity contribution in [1.82, 2.24) is 10.2 Å². The third-order valence-electron chi connectivity index (χ3n) is 3.82. The summed E-state index contributed by atoms with van der Waals surface area (Å²) in [6, 6.07) is 3.34. The molecule has 6 nitrogen and oxygen atoms in total. The maximum Gasteiger partial charge on any atom is 0.433 e. The fourth-order valence-corrected chi connectivity index (χ4v) is 2.99. The zero-order valence-electron chi connectivity index (χ0n) is 11.5. The predicted octanol–water partition coefficient (Wildman–Crippen LogP) is 2.18. The van der Waals surface area contributed by atoms with E-state index in [4.69, 9.17) is 4.42 Å². The average molecular weight is 267 g/mol. The van der Waals surface area contributed by atoms with E-state index in [0.29, 0.717) is 11.7 Å². The van der Waals surface area contributed by atoms with E-state index in [2.05, 4.69) is 17.1 Å². The molecule has 1 fully saturated rings. The number of rotatable bonds is 5. The normalized spacial score (nSPS) is 24.5. The summed E-state index contributed by atoms with van der Waals surface area (Å²) in [4.78, 5) is 12.6. The first kappa shape index (κ1) is 14.0. The topological polar surface area (TPSA) is 71.5 Å². The van der Waals surface area contributed by atoms with Gasteiger partial charge < -0.3 is 9.73 Å². The van der Waals surface area contributed by atoms with E-state index < -0.39 is 4.92 Å². The van der Waals surface area contributed by atoms with Crippen LogP contribution in [-0.4, -0.2) is 36.5 Å². The van der Waals surface area contributed by atoms with Gasteiger partial charge in [0.05, 0.1) is 12.1 Å². The van der Waals surface area contributed by atoms with Gasteiger partial charge in [-0.1, -0.05) is 6.92 Å². The zero-order valence-corrected chi connectivity index (χ0v) is 11.5. The van der Waals surface area contributed by atoms with Crippen LogP contribution < -0.4 is 5.32 Å². The van der Waals surface area contributed by atoms with Crippen molar-refractivity contribution in [2.24, 2.45) is 5.92 Å². The molecule has 0 radical (unpaired) electrons. The molecule has 0 aromatic carbocycles. The lowest BCUT2D eigenvalue weighted by molar-refractivity contribution is -0.402. The highest BCUT2D eigenvalue weighted by molar-refractivity contribution is 5.21. The number of hydrogen-bond acceptors (Lipinski definition) is 5. The summed E-state index contributed by atoms with van der Waals surface area (Å²) in [5, 5.41) is 14.0. The number of nitrogens with one attached hydrogen (secondary N) is 1. The van der Waals surface area contributed by atoms with Crippen molar-refractivity contribution in [3.63, 3.8) is 0 Å². The Morgan fingerprint density at radius 1 is 1.58 bits per heavy atom. The summed E-state index contributed by atoms with van der Waals surface area (Å²) in [6.07, 6.45) is 2.29. The summed E-state index contributed by atoms with van der Waals surface area (Å²) in [7, 11) is 1.94. The Labute approximate surface area is 112 Å². The van der Waals surface area contributed by atoms with Gasteiger partial charge in [-0.25, -0.2) is 0 Å². The number of nitro groups is 1. The van der Waals surface area contributed by atoms with Gasteiger partial charge in [0, 0.05) is 0 Å². The van der Waals surface area contributed by atoms with E-state index in [1.165, 1.54) is 12.5 Å². The first-order valence-electron chi connectivity index (χ1n) is 6.80. The maximum atomic E-state index is 10.7. The molecule has 1 saturated heterocycles. The summed E-state index contributed by atoms with van der Waals surface area (Å²) < 4.78 is 5.42. The molecular formula is C13H21N3O3. The van der Waals surface area contributed by atoms with E-state index in [9.17, 15) is 10.1 Å². The molecule has 2 rings (SSSR count). The van der Waals surface area contributed by atoms with Crippen LogP contribution in [0.2, 0.25) is 0 Å². The van der Waals surface area contributed by atoms with Gasteiger partial charge in [-0.3, -0.25) is 15.0 Å². The molecule has 0 spiro atoms. The highest BCUT2D eigenvalue weighted by Crippen LogP contribution is 2.37. The molecule has 0 amide bonds. The second kappa shape index (κ2) is 6.16. The SMILES string of the molecule is CCN1CCCC(CNC)C1c1ccc([N+](=O)[O-])o1. The molecule has 1 aromatic rings. The Morgan fingerprint density at radius 3 is 2.95 bits per heavy atom.